The fraction of sp³-hybridized carbons (Fsp3) is 0.250. The monoisotopic (exact) mass is 259 g/mol. The molecule has 0 spiro atoms. The minimum absolute atomic E-state index is 0.111. The molecule has 1 heterocycles. The highest BCUT2D eigenvalue weighted by molar-refractivity contribution is 6.67. The molecule has 0 fully saturated rings. The molecule has 0 radical (unpaired) electrons. The van der Waals surface area contributed by atoms with E-state index in [1.165, 1.54) is 0 Å². The molecule has 0 N–H and O–H groups in total. The number of carbonyl (C=O) groups is 1. The Morgan fingerprint density at radius 3 is 2.31 bits per heavy atom. The zero-order valence-electron chi connectivity index (χ0n) is 7.36. The van der Waals surface area contributed by atoms with Gasteiger partial charge in [0.2, 0.25) is 0 Å². The molecule has 0 atom stereocenters. The molecular formula is C8H3ClF5NO. The highest BCUT2D eigenvalue weighted by Gasteiger charge is 2.34. The van der Waals surface area contributed by atoms with Gasteiger partial charge in [0.15, 0.2) is 0 Å². The molecule has 1 aromatic heterocycles. The molecule has 88 valence electrons. The molecule has 0 unspecified atom stereocenters. The van der Waals surface area contributed by atoms with E-state index in [2.05, 4.69) is 4.98 Å². The van der Waals surface area contributed by atoms with Crippen molar-refractivity contribution in [1.82, 2.24) is 4.98 Å². The summed E-state index contributed by atoms with van der Waals surface area (Å²) >= 11 is 4.93. The molecule has 0 aliphatic heterocycles. The number of hydrogen-bond donors (Lipinski definition) is 0. The lowest BCUT2D eigenvalue weighted by atomic mass is 10.1. The maximum absolute atomic E-state index is 12.4. The molecule has 0 bridgehead atoms. The molecule has 0 aliphatic carbocycles. The number of carbonyl (C=O) groups excluding carboxylic acids is 1. The van der Waals surface area contributed by atoms with Crippen LogP contribution in [0, 0.1) is 0 Å². The first kappa shape index (κ1) is 12.8. The first-order valence-corrected chi connectivity index (χ1v) is 4.16. The van der Waals surface area contributed by atoms with Crippen molar-refractivity contribution in [3.63, 3.8) is 0 Å². The van der Waals surface area contributed by atoms with E-state index in [0.717, 1.165) is 0 Å². The fourth-order valence-electron chi connectivity index (χ4n) is 0.971. The highest BCUT2D eigenvalue weighted by Crippen LogP contribution is 2.32. The predicted octanol–water partition coefficient (Wildman–Crippen LogP) is 3.42. The summed E-state index contributed by atoms with van der Waals surface area (Å²) < 4.78 is 61.1. The standard InChI is InChI=1S/C8H3ClF5NO/c9-6(16)4-2-15-5(8(12,13)14)1-3(4)7(10)11/h1-2,7H. The Labute approximate surface area is 91.0 Å². The molecule has 16 heavy (non-hydrogen) atoms. The molecule has 1 rings (SSSR count). The molecule has 0 saturated heterocycles. The molecule has 0 amide bonds. The lowest BCUT2D eigenvalue weighted by Gasteiger charge is -2.09. The summed E-state index contributed by atoms with van der Waals surface area (Å²) in [6.45, 7) is 0. The van der Waals surface area contributed by atoms with E-state index in [0.29, 0.717) is 6.20 Å². The van der Waals surface area contributed by atoms with Crippen molar-refractivity contribution in [3.8, 4) is 0 Å². The molecule has 1 aromatic rings. The van der Waals surface area contributed by atoms with Crippen molar-refractivity contribution in [1.29, 1.82) is 0 Å². The average molecular weight is 260 g/mol. The predicted molar refractivity (Wildman–Crippen MR) is 44.4 cm³/mol. The summed E-state index contributed by atoms with van der Waals surface area (Å²) in [5.41, 5.74) is -3.31. The van der Waals surface area contributed by atoms with Gasteiger partial charge in [0.1, 0.15) is 5.69 Å². The summed E-state index contributed by atoms with van der Waals surface area (Å²) in [6.07, 6.45) is -7.70. The molecule has 0 aromatic carbocycles. The van der Waals surface area contributed by atoms with E-state index in [9.17, 15) is 26.7 Å². The van der Waals surface area contributed by atoms with Crippen molar-refractivity contribution in [2.75, 3.05) is 0 Å². The van der Waals surface area contributed by atoms with Gasteiger partial charge in [-0.2, -0.15) is 13.2 Å². The van der Waals surface area contributed by atoms with Gasteiger partial charge in [-0.3, -0.25) is 9.78 Å². The van der Waals surface area contributed by atoms with E-state index in [1.54, 1.807) is 0 Å². The third-order valence-corrected chi connectivity index (χ3v) is 1.88. The Hall–Kier alpha value is -1.24. The highest BCUT2D eigenvalue weighted by atomic mass is 35.5. The van der Waals surface area contributed by atoms with E-state index in [1.807, 2.05) is 0 Å². The van der Waals surface area contributed by atoms with Gasteiger partial charge in [0, 0.05) is 11.8 Å². The van der Waals surface area contributed by atoms with Crippen molar-refractivity contribution < 1.29 is 26.7 Å². The molecule has 2 nitrogen and oxygen atoms in total. The lowest BCUT2D eigenvalue weighted by Crippen LogP contribution is -2.11. The second kappa shape index (κ2) is 4.32. The SMILES string of the molecule is O=C(Cl)c1cnc(C(F)(F)F)cc1C(F)F. The van der Waals surface area contributed by atoms with E-state index < -0.39 is 34.7 Å². The second-order valence-corrected chi connectivity index (χ2v) is 3.07. The zero-order chi connectivity index (χ0) is 12.5. The van der Waals surface area contributed by atoms with Gasteiger partial charge in [0.05, 0.1) is 5.56 Å². The Bertz CT molecular complexity index is 417. The smallest absolute Gasteiger partial charge is 0.276 e. The quantitative estimate of drug-likeness (QED) is 0.602. The fourth-order valence-corrected chi connectivity index (χ4v) is 1.13. The number of aromatic nitrogens is 1. The van der Waals surface area contributed by atoms with Gasteiger partial charge < -0.3 is 0 Å². The van der Waals surface area contributed by atoms with Gasteiger partial charge in [-0.15, -0.1) is 0 Å². The summed E-state index contributed by atoms with van der Waals surface area (Å²) in [4.78, 5) is 13.5. The van der Waals surface area contributed by atoms with Crippen molar-refractivity contribution in [2.24, 2.45) is 0 Å². The summed E-state index contributed by atoms with van der Waals surface area (Å²) in [7, 11) is 0. The maximum Gasteiger partial charge on any atom is 0.433 e. The summed E-state index contributed by atoms with van der Waals surface area (Å²) in [5.74, 6) is 0. The second-order valence-electron chi connectivity index (χ2n) is 2.73. The number of nitrogens with zero attached hydrogens (tertiary/aromatic N) is 1. The molecular weight excluding hydrogens is 257 g/mol. The van der Waals surface area contributed by atoms with Gasteiger partial charge in [-0.25, -0.2) is 8.78 Å². The van der Waals surface area contributed by atoms with Crippen LogP contribution in [0.3, 0.4) is 0 Å². The van der Waals surface area contributed by atoms with Crippen LogP contribution in [0.5, 0.6) is 0 Å². The van der Waals surface area contributed by atoms with Crippen LogP contribution >= 0.6 is 11.6 Å². The molecule has 8 heteroatoms. The van der Waals surface area contributed by atoms with E-state index >= 15 is 0 Å². The van der Waals surface area contributed by atoms with Crippen LogP contribution in [0.25, 0.3) is 0 Å². The van der Waals surface area contributed by atoms with Crippen molar-refractivity contribution >= 4 is 16.8 Å². The Balaban J connectivity index is 3.34. The number of hydrogen-bond acceptors (Lipinski definition) is 2. The van der Waals surface area contributed by atoms with Crippen LogP contribution in [-0.4, -0.2) is 10.2 Å². The first-order chi connectivity index (χ1) is 7.23. The number of alkyl halides is 5. The van der Waals surface area contributed by atoms with Crippen LogP contribution < -0.4 is 0 Å². The van der Waals surface area contributed by atoms with Crippen LogP contribution in [0.1, 0.15) is 28.0 Å². The topological polar surface area (TPSA) is 30.0 Å². The minimum Gasteiger partial charge on any atom is -0.276 e. The van der Waals surface area contributed by atoms with E-state index in [-0.39, 0.29) is 6.07 Å². The third kappa shape index (κ3) is 2.66. The zero-order valence-corrected chi connectivity index (χ0v) is 8.11. The first-order valence-electron chi connectivity index (χ1n) is 3.78. The van der Waals surface area contributed by atoms with E-state index in [4.69, 9.17) is 11.6 Å². The third-order valence-electron chi connectivity index (χ3n) is 1.67. The maximum atomic E-state index is 12.4. The summed E-state index contributed by atoms with van der Waals surface area (Å²) in [5, 5.41) is -1.28. The Kier molecular flexibility index (Phi) is 3.47. The average Bonchev–Trinajstić information content (AvgIpc) is 2.15. The Morgan fingerprint density at radius 1 is 1.38 bits per heavy atom. The number of pyridine rings is 1. The lowest BCUT2D eigenvalue weighted by molar-refractivity contribution is -0.141. The van der Waals surface area contributed by atoms with Crippen LogP contribution in [0.2, 0.25) is 0 Å². The Morgan fingerprint density at radius 2 is 1.94 bits per heavy atom. The minimum atomic E-state index is -4.85. The van der Waals surface area contributed by atoms with Gasteiger partial charge >= 0.3 is 6.18 Å². The van der Waals surface area contributed by atoms with Crippen LogP contribution in [0.15, 0.2) is 12.3 Å². The van der Waals surface area contributed by atoms with Gasteiger partial charge in [-0.1, -0.05) is 0 Å². The van der Waals surface area contributed by atoms with Crippen LogP contribution in [0.4, 0.5) is 22.0 Å². The largest absolute Gasteiger partial charge is 0.433 e. The molecule has 0 saturated carbocycles. The van der Waals surface area contributed by atoms with Gasteiger partial charge in [-0.05, 0) is 17.7 Å². The normalized spacial score (nSPS) is 11.9. The number of halogens is 6. The molecule has 0 aliphatic rings. The van der Waals surface area contributed by atoms with Crippen molar-refractivity contribution in [2.45, 2.75) is 12.6 Å². The number of rotatable bonds is 2. The summed E-state index contributed by atoms with van der Waals surface area (Å²) in [6, 6.07) is 0.111. The van der Waals surface area contributed by atoms with Crippen molar-refractivity contribution in [3.05, 3.63) is 29.1 Å². The van der Waals surface area contributed by atoms with Crippen LogP contribution in [-0.2, 0) is 6.18 Å². The van der Waals surface area contributed by atoms with Gasteiger partial charge in [0.25, 0.3) is 11.7 Å².